The van der Waals surface area contributed by atoms with E-state index in [1.807, 2.05) is 6.92 Å². The van der Waals surface area contributed by atoms with Gasteiger partial charge in [-0.05, 0) is 6.42 Å². The molecule has 0 saturated heterocycles. The molecule has 49 valence electrons. The molecule has 0 aliphatic heterocycles. The van der Waals surface area contributed by atoms with Gasteiger partial charge in [0, 0.05) is 0 Å². The lowest BCUT2D eigenvalue weighted by Gasteiger charge is -1.94. The number of hydrogen-bond donors (Lipinski definition) is 0. The van der Waals surface area contributed by atoms with E-state index in [-0.39, 0.29) is 0 Å². The Kier molecular flexibility index (Phi) is 4.64. The minimum atomic E-state index is -0.590. The lowest BCUT2D eigenvalue weighted by atomic mass is 10.2. The van der Waals surface area contributed by atoms with Crippen LogP contribution >= 0.6 is 0 Å². The van der Waals surface area contributed by atoms with Crippen molar-refractivity contribution in [2.75, 3.05) is 0 Å². The molecular formula is C6H8NO2. The molecule has 0 fully saturated rings. The summed E-state index contributed by atoms with van der Waals surface area (Å²) < 4.78 is 0. The van der Waals surface area contributed by atoms with Gasteiger partial charge in [-0.15, -0.1) is 0 Å². The molecule has 0 aromatic carbocycles. The van der Waals surface area contributed by atoms with Crippen LogP contribution in [0.1, 0.15) is 19.8 Å². The maximum atomic E-state index is 9.89. The number of aliphatic imine (C=N–C) groups is 1. The smallest absolute Gasteiger partial charge is 0.235 e. The Morgan fingerprint density at radius 1 is 1.56 bits per heavy atom. The van der Waals surface area contributed by atoms with Crippen LogP contribution in [0, 0.1) is 0 Å². The van der Waals surface area contributed by atoms with Crippen LogP contribution in [0.5, 0.6) is 0 Å². The Bertz CT molecular complexity index is 127. The quantitative estimate of drug-likeness (QED) is 0.409. The molecule has 0 amide bonds. The lowest BCUT2D eigenvalue weighted by Crippen LogP contribution is -2.03. The molecule has 3 heteroatoms. The largest absolute Gasteiger partial charge is 0.288 e. The van der Waals surface area contributed by atoms with E-state index in [0.717, 1.165) is 6.42 Å². The van der Waals surface area contributed by atoms with Crippen molar-refractivity contribution in [2.24, 2.45) is 4.99 Å². The molecule has 0 unspecified atom stereocenters. The first-order chi connectivity index (χ1) is 4.35. The van der Waals surface area contributed by atoms with Crippen LogP contribution in [0.3, 0.4) is 0 Å². The van der Waals surface area contributed by atoms with Gasteiger partial charge < -0.3 is 0 Å². The van der Waals surface area contributed by atoms with E-state index in [9.17, 15) is 9.59 Å². The molecule has 9 heavy (non-hydrogen) atoms. The molecule has 0 saturated carbocycles. The van der Waals surface area contributed by atoms with Crippen molar-refractivity contribution < 1.29 is 9.59 Å². The predicted octanol–water partition coefficient (Wildman–Crippen LogP) is 0.601. The van der Waals surface area contributed by atoms with E-state index in [1.54, 1.807) is 6.29 Å². The highest BCUT2D eigenvalue weighted by atomic mass is 16.1. The molecule has 0 spiro atoms. The van der Waals surface area contributed by atoms with Crippen LogP contribution in [0.15, 0.2) is 4.99 Å². The van der Waals surface area contributed by atoms with Crippen LogP contribution < -0.4 is 0 Å². The van der Waals surface area contributed by atoms with Gasteiger partial charge in [-0.1, -0.05) is 13.3 Å². The first kappa shape index (κ1) is 8.05. The number of carbonyl (C=O) groups excluding carboxylic acids is 2. The van der Waals surface area contributed by atoms with Crippen molar-refractivity contribution >= 4 is 12.4 Å². The predicted molar refractivity (Wildman–Crippen MR) is 32.5 cm³/mol. The third-order valence-corrected chi connectivity index (χ3v) is 0.907. The Morgan fingerprint density at radius 2 is 2.22 bits per heavy atom. The van der Waals surface area contributed by atoms with E-state index in [0.29, 0.717) is 6.42 Å². The fourth-order valence-corrected chi connectivity index (χ4v) is 0.487. The average molecular weight is 126 g/mol. The van der Waals surface area contributed by atoms with E-state index < -0.39 is 6.04 Å². The molecule has 0 aliphatic rings. The maximum Gasteiger partial charge on any atom is 0.235 e. The third kappa shape index (κ3) is 3.62. The van der Waals surface area contributed by atoms with Gasteiger partial charge in [0.15, 0.2) is 0 Å². The van der Waals surface area contributed by atoms with E-state index >= 15 is 0 Å². The summed E-state index contributed by atoms with van der Waals surface area (Å²) >= 11 is 0. The van der Waals surface area contributed by atoms with Gasteiger partial charge in [0.05, 0.1) is 0 Å². The second-order valence-corrected chi connectivity index (χ2v) is 1.64. The average Bonchev–Trinajstić information content (AvgIpc) is 1.88. The molecular weight excluding hydrogens is 118 g/mol. The van der Waals surface area contributed by atoms with Crippen molar-refractivity contribution in [1.29, 1.82) is 0 Å². The van der Waals surface area contributed by atoms with Crippen molar-refractivity contribution in [3.05, 3.63) is 0 Å². The first-order valence-electron chi connectivity index (χ1n) is 2.79. The standard InChI is InChI=1S/C6H8NO2/c1-2-3-6(4-8)7-5-9/h6H,2-3H2,1H3/t6-/m0/s1. The Hall–Kier alpha value is -0.950. The van der Waals surface area contributed by atoms with Gasteiger partial charge in [-0.2, -0.15) is 4.99 Å². The molecule has 0 N–H and O–H groups in total. The zero-order valence-corrected chi connectivity index (χ0v) is 5.26. The minimum absolute atomic E-state index is 0.582. The molecule has 0 rings (SSSR count). The molecule has 0 bridgehead atoms. The lowest BCUT2D eigenvalue weighted by molar-refractivity contribution is 0.529. The number of rotatable bonds is 4. The van der Waals surface area contributed by atoms with Crippen molar-refractivity contribution in [2.45, 2.75) is 25.8 Å². The highest BCUT2D eigenvalue weighted by molar-refractivity contribution is 5.60. The third-order valence-electron chi connectivity index (χ3n) is 0.907. The molecule has 0 aromatic rings. The van der Waals surface area contributed by atoms with E-state index in [4.69, 9.17) is 0 Å². The Balaban J connectivity index is 3.67. The molecule has 0 heterocycles. The number of hydrogen-bond acceptors (Lipinski definition) is 3. The summed E-state index contributed by atoms with van der Waals surface area (Å²) in [5.74, 6) is 0. The zero-order valence-electron chi connectivity index (χ0n) is 5.26. The minimum Gasteiger partial charge on any atom is -0.288 e. The van der Waals surface area contributed by atoms with Crippen molar-refractivity contribution in [1.82, 2.24) is 0 Å². The van der Waals surface area contributed by atoms with Gasteiger partial charge in [0.25, 0.3) is 0 Å². The summed E-state index contributed by atoms with van der Waals surface area (Å²) in [5, 5.41) is 0. The fraction of sp³-hybridized carbons (Fsp3) is 0.667. The summed E-state index contributed by atoms with van der Waals surface area (Å²) in [6.45, 7) is 1.91. The van der Waals surface area contributed by atoms with E-state index in [2.05, 4.69) is 4.99 Å². The highest BCUT2D eigenvalue weighted by Gasteiger charge is 2.01. The van der Waals surface area contributed by atoms with Gasteiger partial charge >= 0.3 is 0 Å². The van der Waals surface area contributed by atoms with Crippen LogP contribution in [-0.2, 0) is 9.59 Å². The summed E-state index contributed by atoms with van der Waals surface area (Å²) in [5.41, 5.74) is 0. The summed E-state index contributed by atoms with van der Waals surface area (Å²) in [4.78, 5) is 22.7. The molecule has 1 atom stereocenters. The summed E-state index contributed by atoms with van der Waals surface area (Å²) in [6.07, 6.45) is 4.35. The highest BCUT2D eigenvalue weighted by Crippen LogP contribution is 1.95. The van der Waals surface area contributed by atoms with Crippen molar-refractivity contribution in [3.63, 3.8) is 0 Å². The van der Waals surface area contributed by atoms with Gasteiger partial charge in [0.2, 0.25) is 12.4 Å². The van der Waals surface area contributed by atoms with Crippen LogP contribution in [0.25, 0.3) is 0 Å². The summed E-state index contributed by atoms with van der Waals surface area (Å²) in [6, 6.07) is -0.590. The molecule has 0 aromatic heterocycles. The van der Waals surface area contributed by atoms with Crippen LogP contribution in [-0.4, -0.2) is 18.4 Å². The maximum absolute atomic E-state index is 9.89. The second kappa shape index (κ2) is 5.19. The topological polar surface area (TPSA) is 46.5 Å². The van der Waals surface area contributed by atoms with Crippen molar-refractivity contribution in [3.8, 4) is 0 Å². The summed E-state index contributed by atoms with van der Waals surface area (Å²) in [7, 11) is 0. The number of isocyanates is 1. The Labute approximate surface area is 53.8 Å². The van der Waals surface area contributed by atoms with Crippen LogP contribution in [0.4, 0.5) is 0 Å². The monoisotopic (exact) mass is 126 g/mol. The fourth-order valence-electron chi connectivity index (χ4n) is 0.487. The molecule has 3 nitrogen and oxygen atoms in total. The van der Waals surface area contributed by atoms with E-state index in [1.165, 1.54) is 6.08 Å². The zero-order chi connectivity index (χ0) is 7.11. The van der Waals surface area contributed by atoms with Gasteiger partial charge in [0.1, 0.15) is 6.04 Å². The van der Waals surface area contributed by atoms with Gasteiger partial charge in [-0.25, -0.2) is 4.79 Å². The number of nitrogens with zero attached hydrogens (tertiary/aromatic N) is 1. The first-order valence-corrected chi connectivity index (χ1v) is 2.79. The molecule has 1 radical (unpaired) electrons. The SMILES string of the molecule is CCC[C@@H]([C]=O)N=C=O. The normalized spacial score (nSPS) is 11.7. The molecule has 0 aliphatic carbocycles. The second-order valence-electron chi connectivity index (χ2n) is 1.64. The van der Waals surface area contributed by atoms with Crippen LogP contribution in [0.2, 0.25) is 0 Å². The van der Waals surface area contributed by atoms with Gasteiger partial charge in [-0.3, -0.25) is 4.79 Å². The Morgan fingerprint density at radius 3 is 2.56 bits per heavy atom.